The van der Waals surface area contributed by atoms with Crippen LogP contribution in [0.3, 0.4) is 0 Å². The Kier molecular flexibility index (Phi) is 2.70. The molecular weight excluding hydrogens is 583 g/mol. The van der Waals surface area contributed by atoms with Gasteiger partial charge in [-0.1, -0.05) is 169 Å². The van der Waals surface area contributed by atoms with Crippen molar-refractivity contribution in [3.05, 3.63) is 175 Å². The Labute approximate surface area is 319 Å². The molecule has 9 rings (SSSR count). The topological polar surface area (TPSA) is 38.7 Å². The van der Waals surface area contributed by atoms with Crippen LogP contribution in [0.2, 0.25) is 0 Å². The van der Waals surface area contributed by atoms with E-state index in [1.54, 1.807) is 0 Å². The van der Waals surface area contributed by atoms with Crippen LogP contribution in [0.15, 0.2) is 175 Å². The molecule has 0 radical (unpaired) electrons. The fraction of sp³-hybridized carbons (Fsp3) is 0. The van der Waals surface area contributed by atoms with Gasteiger partial charge in [0.25, 0.3) is 0 Å². The van der Waals surface area contributed by atoms with Crippen LogP contribution in [0.25, 0.3) is 88.7 Å². The monoisotopic (exact) mass is 640 g/mol. The minimum absolute atomic E-state index is 0.485. The highest BCUT2D eigenvalue weighted by Gasteiger charge is 2.15. The molecule has 0 fully saturated rings. The molecular formula is C45H29N3. The summed E-state index contributed by atoms with van der Waals surface area (Å²) in [5, 5.41) is -3.27. The Balaban J connectivity index is 1.48. The first-order valence-electron chi connectivity index (χ1n) is 28.3. The van der Waals surface area contributed by atoms with E-state index in [4.69, 9.17) is 30.2 Å². The first-order chi connectivity index (χ1) is 35.9. The summed E-state index contributed by atoms with van der Waals surface area (Å²) in [4.78, 5) is 12.9. The van der Waals surface area contributed by atoms with Crippen LogP contribution in [0.5, 0.6) is 0 Å². The van der Waals surface area contributed by atoms with Gasteiger partial charge in [0.05, 0.1) is 39.8 Å². The lowest BCUT2D eigenvalue weighted by Gasteiger charge is -2.13. The van der Waals surface area contributed by atoms with Crippen LogP contribution >= 0.6 is 0 Å². The molecule has 0 N–H and O–H groups in total. The molecule has 0 atom stereocenters. The zero-order valence-corrected chi connectivity index (χ0v) is 23.8. The van der Waals surface area contributed by atoms with Gasteiger partial charge in [0, 0.05) is 16.7 Å². The normalized spacial score (nSPS) is 19.8. The zero-order valence-electron chi connectivity index (χ0n) is 52.8. The Hall–Kier alpha value is -6.45. The van der Waals surface area contributed by atoms with Gasteiger partial charge >= 0.3 is 0 Å². The molecule has 9 aromatic rings. The Morgan fingerprint density at radius 2 is 0.542 bits per heavy atom. The predicted molar refractivity (Wildman–Crippen MR) is 200 cm³/mol. The van der Waals surface area contributed by atoms with Gasteiger partial charge in [-0.25, -0.2) is 15.0 Å². The second kappa shape index (κ2) is 11.7. The summed E-state index contributed by atoms with van der Waals surface area (Å²) in [5.74, 6) is -2.85. The summed E-state index contributed by atoms with van der Waals surface area (Å²) in [6.07, 6.45) is 0. The van der Waals surface area contributed by atoms with Crippen molar-refractivity contribution in [2.75, 3.05) is 0 Å². The molecule has 48 heavy (non-hydrogen) atoms. The van der Waals surface area contributed by atoms with Gasteiger partial charge in [-0.3, -0.25) is 0 Å². The van der Waals surface area contributed by atoms with E-state index in [2.05, 4.69) is 15.0 Å². The Bertz CT molecular complexity index is 3960. The number of hydrogen-bond donors (Lipinski definition) is 0. The van der Waals surface area contributed by atoms with Crippen LogP contribution in [0.1, 0.15) is 39.8 Å². The summed E-state index contributed by atoms with van der Waals surface area (Å²) >= 11 is 0. The predicted octanol–water partition coefficient (Wildman–Crippen LogP) is 11.7. The zero-order chi connectivity index (χ0) is 57.1. The highest BCUT2D eigenvalue weighted by molar-refractivity contribution is 6.25. The van der Waals surface area contributed by atoms with Crippen molar-refractivity contribution >= 4 is 32.3 Å². The van der Waals surface area contributed by atoms with E-state index >= 15 is 0 Å². The lowest BCUT2D eigenvalue weighted by atomic mass is 9.93. The molecule has 1 heterocycles. The second-order valence-electron chi connectivity index (χ2n) is 9.81. The van der Waals surface area contributed by atoms with E-state index < -0.39 is 264 Å². The van der Waals surface area contributed by atoms with Gasteiger partial charge in [0.15, 0.2) is 17.5 Å². The minimum Gasteiger partial charge on any atom is -0.208 e. The quantitative estimate of drug-likeness (QED) is 0.176. The van der Waals surface area contributed by atoms with Crippen molar-refractivity contribution in [3.8, 4) is 56.4 Å². The summed E-state index contributed by atoms with van der Waals surface area (Å²) in [6.45, 7) is 0. The Morgan fingerprint density at radius 1 is 0.250 bits per heavy atom. The van der Waals surface area contributed by atoms with Crippen LogP contribution in [0.4, 0.5) is 0 Å². The van der Waals surface area contributed by atoms with Gasteiger partial charge in [0.2, 0.25) is 0 Å². The van der Waals surface area contributed by atoms with Crippen LogP contribution in [-0.4, -0.2) is 15.0 Å². The molecule has 0 amide bonds. The van der Waals surface area contributed by atoms with Crippen LogP contribution < -0.4 is 0 Å². The number of aromatic nitrogens is 3. The van der Waals surface area contributed by atoms with E-state index in [0.717, 1.165) is 0 Å². The third-order valence-electron chi connectivity index (χ3n) is 6.99. The minimum atomic E-state index is -1.06. The number of nitrogens with zero attached hydrogens (tertiary/aromatic N) is 3. The molecule has 0 bridgehead atoms. The van der Waals surface area contributed by atoms with Crippen molar-refractivity contribution in [1.29, 1.82) is 0 Å². The Morgan fingerprint density at radius 3 is 0.979 bits per heavy atom. The highest BCUT2D eigenvalue weighted by atomic mass is 15.0. The molecule has 3 nitrogen and oxygen atoms in total. The van der Waals surface area contributed by atoms with Gasteiger partial charge in [-0.05, 0) is 60.6 Å². The van der Waals surface area contributed by atoms with Gasteiger partial charge in [-0.2, -0.15) is 0 Å². The van der Waals surface area contributed by atoms with E-state index in [9.17, 15) is 9.60 Å². The van der Waals surface area contributed by atoms with E-state index in [0.29, 0.717) is 0 Å². The summed E-state index contributed by atoms with van der Waals surface area (Å²) in [7, 11) is 0. The van der Waals surface area contributed by atoms with Gasteiger partial charge in [0.1, 0.15) is 0 Å². The number of fused-ring (bicyclic) bond motifs is 6. The molecule has 0 unspecified atom stereocenters. The standard InChI is InChI=1S/C45H29N3/c1-3-11-30(12-4-1)32-19-23-34(24-20-32)43-46-44(35-25-21-33(22-26-35)31-13-5-2-6-14-31)48-45(47-43)36-27-28-41-39-17-8-7-15-37(39)38-16-9-10-18-40(38)42(41)29-36/h1-29H/i1D,2D,3D,4D,5D,6D,7D,8D,9D,10D,11D,12D,13D,14D,15D,16D,17D,18D,19D,20D,21D,22D,23D,24D,25D,26D,27D,28D,29D. The van der Waals surface area contributed by atoms with Crippen molar-refractivity contribution in [3.63, 3.8) is 0 Å². The SMILES string of the molecule is [2H]c1c([2H])c([2H])c(-c2c([2H])c([2H])c(-c3nc(-c4c([2H])c([2H])c(-c5c([2H])c([2H])c([2H])c([2H])c5[2H])c([2H])c4[2H])nc(-c4c([2H])c([2H])c5c6c([2H])c([2H])c([2H])c([2H])c6c6c([2H])c([2H])c([2H])c([2H])c6c5c4[2H])n3)c([2H])c2[2H])c([2H])c1[2H]. The maximum Gasteiger partial charge on any atom is 0.164 e. The molecule has 8 aromatic carbocycles. The maximum absolute atomic E-state index is 9.79. The first kappa shape index (κ1) is 11.1. The van der Waals surface area contributed by atoms with Crippen molar-refractivity contribution in [2.45, 2.75) is 0 Å². The summed E-state index contributed by atoms with van der Waals surface area (Å²) in [5.41, 5.74) is -5.64. The van der Waals surface area contributed by atoms with Crippen LogP contribution in [0, 0.1) is 0 Å². The van der Waals surface area contributed by atoms with Crippen LogP contribution in [-0.2, 0) is 0 Å². The molecule has 0 aliphatic carbocycles. The smallest absolute Gasteiger partial charge is 0.164 e. The van der Waals surface area contributed by atoms with Gasteiger partial charge in [-0.15, -0.1) is 0 Å². The fourth-order valence-electron chi connectivity index (χ4n) is 4.83. The highest BCUT2D eigenvalue weighted by Crippen LogP contribution is 2.37. The molecule has 1 aromatic heterocycles. The average Bonchev–Trinajstić information content (AvgIpc) is 3.46. The molecule has 0 aliphatic heterocycles. The van der Waals surface area contributed by atoms with Crippen molar-refractivity contribution in [2.24, 2.45) is 0 Å². The molecule has 0 saturated carbocycles. The largest absolute Gasteiger partial charge is 0.208 e. The number of hydrogen-bond acceptors (Lipinski definition) is 3. The average molecular weight is 641 g/mol. The molecule has 224 valence electrons. The third-order valence-corrected chi connectivity index (χ3v) is 6.99. The number of rotatable bonds is 5. The van der Waals surface area contributed by atoms with E-state index in [-0.39, 0.29) is 0 Å². The second-order valence-corrected chi connectivity index (χ2v) is 9.81. The molecule has 0 aliphatic rings. The van der Waals surface area contributed by atoms with Gasteiger partial charge < -0.3 is 0 Å². The van der Waals surface area contributed by atoms with Crippen molar-refractivity contribution in [1.82, 2.24) is 15.0 Å². The fourth-order valence-corrected chi connectivity index (χ4v) is 4.83. The van der Waals surface area contributed by atoms with Crippen molar-refractivity contribution < 1.29 is 39.8 Å². The van der Waals surface area contributed by atoms with E-state index in [1.807, 2.05) is 0 Å². The molecule has 3 heteroatoms. The lowest BCUT2D eigenvalue weighted by Crippen LogP contribution is -2.00. The first-order valence-corrected chi connectivity index (χ1v) is 13.8. The molecule has 0 spiro atoms. The van der Waals surface area contributed by atoms with E-state index in [1.165, 1.54) is 0 Å². The third kappa shape index (κ3) is 4.99. The summed E-state index contributed by atoms with van der Waals surface area (Å²) in [6, 6.07) is -26.9. The lowest BCUT2D eigenvalue weighted by molar-refractivity contribution is 1.07. The molecule has 0 saturated heterocycles. The number of benzene rings is 8. The maximum atomic E-state index is 9.79. The summed E-state index contributed by atoms with van der Waals surface area (Å²) < 4.78 is 255.